The highest BCUT2D eigenvalue weighted by Gasteiger charge is 2.14. The van der Waals surface area contributed by atoms with Crippen molar-refractivity contribution in [3.63, 3.8) is 0 Å². The monoisotopic (exact) mass is 263 g/mol. The Labute approximate surface area is 109 Å². The Morgan fingerprint density at radius 1 is 1.37 bits per heavy atom. The second-order valence-corrected chi connectivity index (χ2v) is 4.38. The van der Waals surface area contributed by atoms with Crippen molar-refractivity contribution in [2.24, 2.45) is 0 Å². The van der Waals surface area contributed by atoms with Crippen LogP contribution >= 0.6 is 0 Å². The molecular weight excluding hydrogens is 249 g/mol. The van der Waals surface area contributed by atoms with E-state index in [0.29, 0.717) is 18.4 Å². The molecule has 2 rings (SSSR count). The van der Waals surface area contributed by atoms with E-state index in [1.807, 2.05) is 6.92 Å². The van der Waals surface area contributed by atoms with Crippen LogP contribution in [0.25, 0.3) is 10.8 Å². The highest BCUT2D eigenvalue weighted by molar-refractivity contribution is 5.92. The number of aromatic nitrogens is 1. The van der Waals surface area contributed by atoms with Gasteiger partial charge in [0.2, 0.25) is 0 Å². The fourth-order valence-electron chi connectivity index (χ4n) is 2.04. The van der Waals surface area contributed by atoms with Gasteiger partial charge in [0, 0.05) is 6.54 Å². The fourth-order valence-corrected chi connectivity index (χ4v) is 2.04. The van der Waals surface area contributed by atoms with Gasteiger partial charge in [0.1, 0.15) is 11.5 Å². The molecule has 1 heterocycles. The summed E-state index contributed by atoms with van der Waals surface area (Å²) >= 11 is 0. The molecule has 2 aromatic rings. The summed E-state index contributed by atoms with van der Waals surface area (Å²) in [5.41, 5.74) is -0.514. The largest absolute Gasteiger partial charge is 0.477 e. The quantitative estimate of drug-likeness (QED) is 0.922. The van der Waals surface area contributed by atoms with Crippen molar-refractivity contribution in [2.45, 2.75) is 26.3 Å². The van der Waals surface area contributed by atoms with Gasteiger partial charge in [-0.25, -0.2) is 9.18 Å². The normalized spacial score (nSPS) is 10.8. The standard InChI is InChI=1S/C14H14FNO3/c1-2-3-6-16-12(14(18)19)7-9-4-5-10(15)8-11(9)13(16)17/h4-5,7-8H,2-3,6H2,1H3,(H,18,19). The third-order valence-electron chi connectivity index (χ3n) is 3.03. The summed E-state index contributed by atoms with van der Waals surface area (Å²) in [6.07, 6.45) is 1.54. The number of rotatable bonds is 4. The van der Waals surface area contributed by atoms with Crippen molar-refractivity contribution >= 4 is 16.7 Å². The van der Waals surface area contributed by atoms with E-state index in [1.54, 1.807) is 0 Å². The summed E-state index contributed by atoms with van der Waals surface area (Å²) < 4.78 is 14.4. The first-order chi connectivity index (χ1) is 9.04. The molecule has 0 atom stereocenters. The van der Waals surface area contributed by atoms with Crippen LogP contribution in [-0.4, -0.2) is 15.6 Å². The molecule has 1 aromatic carbocycles. The van der Waals surface area contributed by atoms with Gasteiger partial charge in [0.25, 0.3) is 5.56 Å². The van der Waals surface area contributed by atoms with Crippen molar-refractivity contribution in [3.05, 3.63) is 46.1 Å². The summed E-state index contributed by atoms with van der Waals surface area (Å²) in [6, 6.07) is 5.19. The molecule has 0 aliphatic carbocycles. The van der Waals surface area contributed by atoms with Gasteiger partial charge in [0.15, 0.2) is 0 Å². The van der Waals surface area contributed by atoms with E-state index in [1.165, 1.54) is 22.8 Å². The molecule has 5 heteroatoms. The van der Waals surface area contributed by atoms with Gasteiger partial charge in [-0.1, -0.05) is 19.4 Å². The molecule has 0 bridgehead atoms. The maximum absolute atomic E-state index is 13.2. The molecule has 0 fully saturated rings. The predicted octanol–water partition coefficient (Wildman–Crippen LogP) is 2.64. The first kappa shape index (κ1) is 13.3. The minimum atomic E-state index is -1.15. The Balaban J connectivity index is 2.74. The molecule has 100 valence electrons. The molecule has 1 N–H and O–H groups in total. The smallest absolute Gasteiger partial charge is 0.352 e. The Morgan fingerprint density at radius 3 is 2.74 bits per heavy atom. The van der Waals surface area contributed by atoms with Crippen molar-refractivity contribution < 1.29 is 14.3 Å². The zero-order valence-electron chi connectivity index (χ0n) is 10.5. The summed E-state index contributed by atoms with van der Waals surface area (Å²) in [6.45, 7) is 2.27. The van der Waals surface area contributed by atoms with Gasteiger partial charge in [-0.3, -0.25) is 4.79 Å². The first-order valence-corrected chi connectivity index (χ1v) is 6.11. The number of carbonyl (C=O) groups is 1. The highest BCUT2D eigenvalue weighted by atomic mass is 19.1. The van der Waals surface area contributed by atoms with Crippen molar-refractivity contribution in [1.82, 2.24) is 4.57 Å². The van der Waals surface area contributed by atoms with Gasteiger partial charge < -0.3 is 9.67 Å². The molecular formula is C14H14FNO3. The van der Waals surface area contributed by atoms with Gasteiger partial charge >= 0.3 is 5.97 Å². The number of pyridine rings is 1. The SMILES string of the molecule is CCCCn1c(C(=O)O)cc2ccc(F)cc2c1=O. The molecule has 0 unspecified atom stereocenters. The second kappa shape index (κ2) is 5.22. The number of aromatic carboxylic acids is 1. The lowest BCUT2D eigenvalue weighted by molar-refractivity contribution is 0.0683. The van der Waals surface area contributed by atoms with Crippen LogP contribution in [0.5, 0.6) is 0 Å². The lowest BCUT2D eigenvalue weighted by Crippen LogP contribution is -2.26. The minimum absolute atomic E-state index is 0.0578. The zero-order valence-corrected chi connectivity index (χ0v) is 10.5. The third kappa shape index (κ3) is 2.50. The second-order valence-electron chi connectivity index (χ2n) is 4.38. The Bertz CT molecular complexity index is 691. The number of hydrogen-bond donors (Lipinski definition) is 1. The molecule has 0 aliphatic rings. The summed E-state index contributed by atoms with van der Waals surface area (Å²) in [5, 5.41) is 9.82. The summed E-state index contributed by atoms with van der Waals surface area (Å²) in [5.74, 6) is -1.66. The lowest BCUT2D eigenvalue weighted by Gasteiger charge is -2.11. The zero-order chi connectivity index (χ0) is 14.0. The number of nitrogens with zero attached hydrogens (tertiary/aromatic N) is 1. The number of carboxylic acid groups (broad SMARTS) is 1. The molecule has 0 spiro atoms. The van der Waals surface area contributed by atoms with Crippen LogP contribution in [0.15, 0.2) is 29.1 Å². The van der Waals surface area contributed by atoms with Crippen LogP contribution in [0.2, 0.25) is 0 Å². The maximum Gasteiger partial charge on any atom is 0.352 e. The van der Waals surface area contributed by atoms with Crippen molar-refractivity contribution in [1.29, 1.82) is 0 Å². The summed E-state index contributed by atoms with van der Waals surface area (Å²) in [7, 11) is 0. The van der Waals surface area contributed by atoms with Crippen LogP contribution in [0.4, 0.5) is 4.39 Å². The van der Waals surface area contributed by atoms with E-state index >= 15 is 0 Å². The summed E-state index contributed by atoms with van der Waals surface area (Å²) in [4.78, 5) is 23.5. The van der Waals surface area contributed by atoms with E-state index in [2.05, 4.69) is 0 Å². The van der Waals surface area contributed by atoms with Crippen molar-refractivity contribution in [2.75, 3.05) is 0 Å². The van der Waals surface area contributed by atoms with Gasteiger partial charge in [-0.05, 0) is 30.0 Å². The number of hydrogen-bond acceptors (Lipinski definition) is 2. The average Bonchev–Trinajstić information content (AvgIpc) is 2.38. The van der Waals surface area contributed by atoms with Crippen molar-refractivity contribution in [3.8, 4) is 0 Å². The molecule has 1 aromatic heterocycles. The number of benzene rings is 1. The lowest BCUT2D eigenvalue weighted by atomic mass is 10.1. The molecule has 0 saturated carbocycles. The Morgan fingerprint density at radius 2 is 2.11 bits per heavy atom. The maximum atomic E-state index is 13.2. The van der Waals surface area contributed by atoms with E-state index in [9.17, 15) is 14.0 Å². The van der Waals surface area contributed by atoms with E-state index in [4.69, 9.17) is 5.11 Å². The van der Waals surface area contributed by atoms with E-state index in [0.717, 1.165) is 12.5 Å². The van der Waals surface area contributed by atoms with Crippen LogP contribution < -0.4 is 5.56 Å². The van der Waals surface area contributed by atoms with Crippen LogP contribution in [0.1, 0.15) is 30.3 Å². The number of fused-ring (bicyclic) bond motifs is 1. The van der Waals surface area contributed by atoms with Crippen LogP contribution in [0, 0.1) is 5.82 Å². The fraction of sp³-hybridized carbons (Fsp3) is 0.286. The highest BCUT2D eigenvalue weighted by Crippen LogP contribution is 2.14. The Kier molecular flexibility index (Phi) is 3.64. The third-order valence-corrected chi connectivity index (χ3v) is 3.03. The average molecular weight is 263 g/mol. The minimum Gasteiger partial charge on any atom is -0.477 e. The van der Waals surface area contributed by atoms with Gasteiger partial charge in [-0.2, -0.15) is 0 Å². The molecule has 0 aliphatic heterocycles. The number of carboxylic acids is 1. The van der Waals surface area contributed by atoms with Gasteiger partial charge in [-0.15, -0.1) is 0 Å². The first-order valence-electron chi connectivity index (χ1n) is 6.11. The Hall–Kier alpha value is -2.17. The molecule has 0 amide bonds. The number of unbranched alkanes of at least 4 members (excludes halogenated alkanes) is 1. The van der Waals surface area contributed by atoms with Crippen LogP contribution in [0.3, 0.4) is 0 Å². The van der Waals surface area contributed by atoms with E-state index < -0.39 is 17.3 Å². The van der Waals surface area contributed by atoms with Crippen LogP contribution in [-0.2, 0) is 6.54 Å². The molecule has 0 saturated heterocycles. The van der Waals surface area contributed by atoms with Gasteiger partial charge in [0.05, 0.1) is 5.39 Å². The van der Waals surface area contributed by atoms with E-state index in [-0.39, 0.29) is 11.1 Å². The molecule has 4 nitrogen and oxygen atoms in total. The predicted molar refractivity (Wildman–Crippen MR) is 70.0 cm³/mol. The molecule has 19 heavy (non-hydrogen) atoms. The number of halogens is 1. The topological polar surface area (TPSA) is 59.3 Å². The molecule has 0 radical (unpaired) electrons.